The minimum atomic E-state index is -0.708. The van der Waals surface area contributed by atoms with Crippen molar-refractivity contribution in [2.75, 3.05) is 19.7 Å². The van der Waals surface area contributed by atoms with E-state index in [1.807, 2.05) is 31.2 Å². The molecule has 0 aliphatic carbocycles. The molecule has 0 saturated carbocycles. The molecule has 1 heterocycles. The molecule has 0 bridgehead atoms. The van der Waals surface area contributed by atoms with Crippen molar-refractivity contribution >= 4 is 0 Å². The molecule has 88 valence electrons. The summed E-state index contributed by atoms with van der Waals surface area (Å²) < 4.78 is 5.69. The maximum absolute atomic E-state index is 10.2. The van der Waals surface area contributed by atoms with Crippen LogP contribution in [-0.4, -0.2) is 30.4 Å². The van der Waals surface area contributed by atoms with Crippen LogP contribution in [0.2, 0.25) is 0 Å². The van der Waals surface area contributed by atoms with E-state index in [0.717, 1.165) is 30.7 Å². The summed E-state index contributed by atoms with van der Waals surface area (Å²) in [5, 5.41) is 13.4. The van der Waals surface area contributed by atoms with Crippen molar-refractivity contribution in [1.82, 2.24) is 5.32 Å². The van der Waals surface area contributed by atoms with E-state index >= 15 is 0 Å². The highest BCUT2D eigenvalue weighted by Gasteiger charge is 2.30. The number of β-amino-alcohol motifs (C(OH)–C–C–N with tert-alkyl or cyclic N) is 1. The van der Waals surface area contributed by atoms with Gasteiger partial charge in [0.1, 0.15) is 18.0 Å². The standard InChI is InChI=1S/C13H19NO2/c1-11-5-2-3-6-12(11)16-10-13(15)7-4-8-14-9-13/h2-3,5-6,14-15H,4,7-10H2,1H3/t13-/m1/s1. The fraction of sp³-hybridized carbons (Fsp3) is 0.538. The molecule has 1 atom stereocenters. The molecule has 0 amide bonds. The molecule has 0 spiro atoms. The Morgan fingerprint density at radius 3 is 2.94 bits per heavy atom. The van der Waals surface area contributed by atoms with Gasteiger partial charge in [0.2, 0.25) is 0 Å². The summed E-state index contributed by atoms with van der Waals surface area (Å²) in [5.41, 5.74) is 0.399. The SMILES string of the molecule is Cc1ccccc1OC[C@@]1(O)CCCNC1. The molecule has 0 radical (unpaired) electrons. The number of nitrogens with one attached hydrogen (secondary N) is 1. The van der Waals surface area contributed by atoms with Gasteiger partial charge in [-0.05, 0) is 37.9 Å². The third-order valence-electron chi connectivity index (χ3n) is 3.04. The maximum atomic E-state index is 10.2. The first-order chi connectivity index (χ1) is 7.70. The minimum absolute atomic E-state index is 0.366. The summed E-state index contributed by atoms with van der Waals surface area (Å²) in [6, 6.07) is 7.89. The van der Waals surface area contributed by atoms with Crippen LogP contribution in [0, 0.1) is 6.92 Å². The van der Waals surface area contributed by atoms with E-state index in [4.69, 9.17) is 4.74 Å². The van der Waals surface area contributed by atoms with Crippen LogP contribution >= 0.6 is 0 Å². The van der Waals surface area contributed by atoms with Crippen molar-refractivity contribution in [3.63, 3.8) is 0 Å². The van der Waals surface area contributed by atoms with Gasteiger partial charge in [0.05, 0.1) is 0 Å². The number of para-hydroxylation sites is 1. The molecule has 1 aromatic carbocycles. The molecule has 1 aromatic rings. The highest BCUT2D eigenvalue weighted by atomic mass is 16.5. The zero-order chi connectivity index (χ0) is 11.4. The summed E-state index contributed by atoms with van der Waals surface area (Å²) in [4.78, 5) is 0. The quantitative estimate of drug-likeness (QED) is 0.812. The van der Waals surface area contributed by atoms with E-state index < -0.39 is 5.60 Å². The van der Waals surface area contributed by atoms with Crippen molar-refractivity contribution in [1.29, 1.82) is 0 Å². The lowest BCUT2D eigenvalue weighted by Gasteiger charge is -2.32. The number of hydrogen-bond acceptors (Lipinski definition) is 3. The predicted molar refractivity (Wildman–Crippen MR) is 63.7 cm³/mol. The molecule has 1 saturated heterocycles. The lowest BCUT2D eigenvalue weighted by atomic mass is 9.95. The molecule has 0 unspecified atom stereocenters. The summed E-state index contributed by atoms with van der Waals surface area (Å²) in [7, 11) is 0. The zero-order valence-electron chi connectivity index (χ0n) is 9.70. The van der Waals surface area contributed by atoms with Crippen LogP contribution < -0.4 is 10.1 Å². The van der Waals surface area contributed by atoms with Crippen LogP contribution in [-0.2, 0) is 0 Å². The Bertz CT molecular complexity index is 346. The van der Waals surface area contributed by atoms with Crippen LogP contribution in [0.25, 0.3) is 0 Å². The highest BCUT2D eigenvalue weighted by molar-refractivity contribution is 5.31. The van der Waals surface area contributed by atoms with E-state index in [1.165, 1.54) is 0 Å². The minimum Gasteiger partial charge on any atom is -0.490 e. The molecule has 1 aliphatic heterocycles. The van der Waals surface area contributed by atoms with Gasteiger partial charge < -0.3 is 15.2 Å². The zero-order valence-corrected chi connectivity index (χ0v) is 9.70. The number of piperidine rings is 1. The van der Waals surface area contributed by atoms with Gasteiger partial charge in [-0.1, -0.05) is 18.2 Å². The number of ether oxygens (including phenoxy) is 1. The maximum Gasteiger partial charge on any atom is 0.122 e. The topological polar surface area (TPSA) is 41.5 Å². The molecule has 3 heteroatoms. The second-order valence-electron chi connectivity index (χ2n) is 4.56. The van der Waals surface area contributed by atoms with Crippen LogP contribution in [0.3, 0.4) is 0 Å². The average Bonchev–Trinajstić information content (AvgIpc) is 2.29. The molecule has 2 N–H and O–H groups in total. The molecular weight excluding hydrogens is 202 g/mol. The number of benzene rings is 1. The van der Waals surface area contributed by atoms with Crippen LogP contribution in [0.5, 0.6) is 5.75 Å². The number of aliphatic hydroxyl groups is 1. The second kappa shape index (κ2) is 4.85. The Balaban J connectivity index is 1.94. The van der Waals surface area contributed by atoms with Gasteiger partial charge in [0.25, 0.3) is 0 Å². The molecular formula is C13H19NO2. The monoisotopic (exact) mass is 221 g/mol. The first-order valence-corrected chi connectivity index (χ1v) is 5.81. The number of aryl methyl sites for hydroxylation is 1. The van der Waals surface area contributed by atoms with Crippen molar-refractivity contribution in [2.24, 2.45) is 0 Å². The third kappa shape index (κ3) is 2.74. The van der Waals surface area contributed by atoms with Gasteiger partial charge in [-0.25, -0.2) is 0 Å². The molecule has 1 aliphatic rings. The first-order valence-electron chi connectivity index (χ1n) is 5.81. The smallest absolute Gasteiger partial charge is 0.122 e. The third-order valence-corrected chi connectivity index (χ3v) is 3.04. The highest BCUT2D eigenvalue weighted by Crippen LogP contribution is 2.21. The van der Waals surface area contributed by atoms with E-state index in [2.05, 4.69) is 5.32 Å². The molecule has 0 aromatic heterocycles. The van der Waals surface area contributed by atoms with Gasteiger partial charge in [0, 0.05) is 6.54 Å². The van der Waals surface area contributed by atoms with E-state index in [0.29, 0.717) is 13.2 Å². The Morgan fingerprint density at radius 2 is 2.25 bits per heavy atom. The first kappa shape index (κ1) is 11.4. The molecule has 16 heavy (non-hydrogen) atoms. The molecule has 2 rings (SSSR count). The van der Waals surface area contributed by atoms with Gasteiger partial charge in [-0.3, -0.25) is 0 Å². The lowest BCUT2D eigenvalue weighted by Crippen LogP contribution is -2.49. The lowest BCUT2D eigenvalue weighted by molar-refractivity contribution is -0.0231. The Kier molecular flexibility index (Phi) is 3.46. The summed E-state index contributed by atoms with van der Waals surface area (Å²) in [6.45, 7) is 3.99. The largest absolute Gasteiger partial charge is 0.490 e. The Hall–Kier alpha value is -1.06. The van der Waals surface area contributed by atoms with E-state index in [1.54, 1.807) is 0 Å². The fourth-order valence-electron chi connectivity index (χ4n) is 2.01. The Labute approximate surface area is 96.4 Å². The predicted octanol–water partition coefficient (Wildman–Crippen LogP) is 1.49. The second-order valence-corrected chi connectivity index (χ2v) is 4.56. The van der Waals surface area contributed by atoms with Gasteiger partial charge in [-0.2, -0.15) is 0 Å². The van der Waals surface area contributed by atoms with Crippen molar-refractivity contribution in [2.45, 2.75) is 25.4 Å². The number of hydrogen-bond donors (Lipinski definition) is 2. The summed E-state index contributed by atoms with van der Waals surface area (Å²) >= 11 is 0. The van der Waals surface area contributed by atoms with Crippen LogP contribution in [0.15, 0.2) is 24.3 Å². The summed E-state index contributed by atoms with van der Waals surface area (Å²) in [6.07, 6.45) is 1.82. The molecule has 1 fully saturated rings. The van der Waals surface area contributed by atoms with Crippen molar-refractivity contribution in [3.05, 3.63) is 29.8 Å². The van der Waals surface area contributed by atoms with Gasteiger partial charge in [0.15, 0.2) is 0 Å². The van der Waals surface area contributed by atoms with Crippen molar-refractivity contribution in [3.8, 4) is 5.75 Å². The van der Waals surface area contributed by atoms with Crippen molar-refractivity contribution < 1.29 is 9.84 Å². The molecule has 3 nitrogen and oxygen atoms in total. The van der Waals surface area contributed by atoms with E-state index in [9.17, 15) is 5.11 Å². The fourth-order valence-corrected chi connectivity index (χ4v) is 2.01. The van der Waals surface area contributed by atoms with Crippen LogP contribution in [0.1, 0.15) is 18.4 Å². The summed E-state index contributed by atoms with van der Waals surface area (Å²) in [5.74, 6) is 0.862. The Morgan fingerprint density at radius 1 is 1.44 bits per heavy atom. The van der Waals surface area contributed by atoms with Crippen LogP contribution in [0.4, 0.5) is 0 Å². The average molecular weight is 221 g/mol. The van der Waals surface area contributed by atoms with Gasteiger partial charge in [-0.15, -0.1) is 0 Å². The van der Waals surface area contributed by atoms with Gasteiger partial charge >= 0.3 is 0 Å². The number of rotatable bonds is 3. The van der Waals surface area contributed by atoms with E-state index in [-0.39, 0.29) is 0 Å². The normalized spacial score (nSPS) is 25.4.